The third-order valence-electron chi connectivity index (χ3n) is 17.2. The molecule has 0 spiro atoms. The molecule has 1 heterocycles. The molecule has 490 valence electrons. The second kappa shape index (κ2) is 32.3. The molecule has 5 rings (SSSR count). The Morgan fingerprint density at radius 1 is 0.800 bits per heavy atom. The van der Waals surface area contributed by atoms with Gasteiger partial charge >= 0.3 is 12.0 Å². The van der Waals surface area contributed by atoms with Crippen molar-refractivity contribution in [1.29, 1.82) is 0 Å². The zero-order valence-corrected chi connectivity index (χ0v) is 55.5. The highest BCUT2D eigenvalue weighted by Crippen LogP contribution is 2.51. The Morgan fingerprint density at radius 2 is 1.43 bits per heavy atom. The molecule has 2 aliphatic rings. The number of amides is 7. The second-order valence-corrected chi connectivity index (χ2v) is 28.1. The average molecular weight is 1260 g/mol. The molecule has 7 amide bonds. The highest BCUT2D eigenvalue weighted by molar-refractivity contribution is 7.90. The number of likely N-dealkylation sites (N-methyl/N-ethyl adjacent to an activating group) is 2. The van der Waals surface area contributed by atoms with Crippen LogP contribution in [0.2, 0.25) is 0 Å². The number of carbonyl (C=O) groups excluding carboxylic acids is 9. The number of unbranched alkanes of at least 4 members (excludes halogenated alkanes) is 2. The molecule has 90 heavy (non-hydrogen) atoms. The first-order valence-electron chi connectivity index (χ1n) is 31.2. The first-order chi connectivity index (χ1) is 42.2. The first kappa shape index (κ1) is 73.0. The number of nitrogens with zero attached hydrogens (tertiary/aromatic N) is 2. The van der Waals surface area contributed by atoms with Gasteiger partial charge < -0.3 is 41.5 Å². The fourth-order valence-corrected chi connectivity index (χ4v) is 12.3. The van der Waals surface area contributed by atoms with E-state index in [2.05, 4.69) is 32.6 Å². The molecular weight excluding hydrogens is 1160 g/mol. The monoisotopic (exact) mass is 1260 g/mol. The predicted molar refractivity (Wildman–Crippen MR) is 346 cm³/mol. The summed E-state index contributed by atoms with van der Waals surface area (Å²) in [5, 5.41) is 11.6. The third-order valence-corrected chi connectivity index (χ3v) is 18.6. The van der Waals surface area contributed by atoms with Crippen LogP contribution in [0.3, 0.4) is 0 Å². The van der Waals surface area contributed by atoms with Gasteiger partial charge in [0.05, 0.1) is 29.4 Å². The van der Waals surface area contributed by atoms with Crippen LogP contribution in [0.4, 0.5) is 4.79 Å². The first-order valence-corrected chi connectivity index (χ1v) is 32.7. The normalized spacial score (nSPS) is 15.8. The lowest BCUT2D eigenvalue weighted by molar-refractivity contribution is -0.145. The fourth-order valence-electron chi connectivity index (χ4n) is 11.3. The molecule has 21 heteroatoms. The van der Waals surface area contributed by atoms with Gasteiger partial charge in [-0.05, 0) is 110 Å². The largest absolute Gasteiger partial charge is 0.461 e. The van der Waals surface area contributed by atoms with E-state index in [1.165, 1.54) is 30.0 Å². The molecule has 0 radical (unpaired) electrons. The molecule has 20 nitrogen and oxygen atoms in total. The van der Waals surface area contributed by atoms with Crippen LogP contribution < -0.4 is 31.7 Å². The van der Waals surface area contributed by atoms with Gasteiger partial charge in [-0.15, -0.1) is 0 Å². The molecule has 0 bridgehead atoms. The van der Waals surface area contributed by atoms with Gasteiger partial charge in [-0.1, -0.05) is 148 Å². The lowest BCUT2D eigenvalue weighted by atomic mass is 9.76. The number of urea groups is 1. The van der Waals surface area contributed by atoms with Gasteiger partial charge in [0.25, 0.3) is 21.8 Å². The maximum Gasteiger partial charge on any atom is 0.312 e. The average Bonchev–Trinajstić information content (AvgIpc) is 1.79. The lowest BCUT2D eigenvalue weighted by Gasteiger charge is -2.40. The Hall–Kier alpha value is -7.78. The number of hydrogen-bond acceptors (Lipinski definition) is 13. The summed E-state index contributed by atoms with van der Waals surface area (Å²) < 4.78 is 35.2. The topological polar surface area (TPSA) is 290 Å². The molecule has 3 aromatic carbocycles. The Balaban J connectivity index is 1.13. The minimum atomic E-state index is -4.37. The van der Waals surface area contributed by atoms with E-state index < -0.39 is 80.2 Å². The number of nitrogens with one attached hydrogen (secondary N) is 5. The van der Waals surface area contributed by atoms with E-state index in [0.29, 0.717) is 55.5 Å². The summed E-state index contributed by atoms with van der Waals surface area (Å²) in [5.41, 5.74) is 7.02. The van der Waals surface area contributed by atoms with Crippen molar-refractivity contribution in [2.45, 2.75) is 186 Å². The maximum absolute atomic E-state index is 14.4. The predicted octanol–water partition coefficient (Wildman–Crippen LogP) is 7.93. The number of primary amides is 1. The molecular formula is C69H96N8O12S. The van der Waals surface area contributed by atoms with Gasteiger partial charge in [-0.2, -0.15) is 0 Å². The Morgan fingerprint density at radius 3 is 1.99 bits per heavy atom. The maximum atomic E-state index is 14.4. The number of hydrogen-bond donors (Lipinski definition) is 6. The summed E-state index contributed by atoms with van der Waals surface area (Å²) in [6.45, 7) is 22.9. The molecule has 1 aliphatic heterocycles. The zero-order chi connectivity index (χ0) is 66.9. The fraction of sp³-hybridized carbons (Fsp3) is 0.522. The van der Waals surface area contributed by atoms with Crippen LogP contribution in [0, 0.1) is 23.2 Å². The minimum absolute atomic E-state index is 0.0128. The summed E-state index contributed by atoms with van der Waals surface area (Å²) in [6.07, 6.45) is 8.93. The zero-order valence-electron chi connectivity index (χ0n) is 54.7. The number of nitrogens with two attached hydrogens (primary N) is 1. The van der Waals surface area contributed by atoms with Crippen molar-refractivity contribution >= 4 is 63.1 Å². The van der Waals surface area contributed by atoms with Crippen molar-refractivity contribution in [3.63, 3.8) is 0 Å². The highest BCUT2D eigenvalue weighted by atomic mass is 32.2. The molecule has 0 unspecified atom stereocenters. The molecule has 5 atom stereocenters. The molecule has 1 saturated carbocycles. The van der Waals surface area contributed by atoms with E-state index >= 15 is 0 Å². The van der Waals surface area contributed by atoms with E-state index in [-0.39, 0.29) is 96.8 Å². The standard InChI is InChI=1S/C69H96N8O12S/c1-44(2)54(41-52(78)23-18-15-19-38-77-47(6)25-34-58(77)80)63(83)73-55(24-20-37-72-66(70)86)57(79)40-48-26-28-49(29-27-48)43-89-59(81)42-69(35-36-69)51-30-32-53(33-31-51)90(87,88)75-62(82)46(5)39-56(45(3)4)76(13)65(85)61(67(7,8)9)74-64(84)60(71-12)68(10,11)50-21-16-14-17-22-50/h14,16-17,21-22,25-34,39,44-45,54-56,60-61,71H,6,15,18-20,23-24,35-38,40-43H2,1-5,7-13H3,(H,73,83)(H,74,84)(H,75,82)(H3,70,72,86)/b46-39+/t54-,55-,56-,60-,61-/m1/s1. The second-order valence-electron chi connectivity index (χ2n) is 26.4. The number of benzene rings is 3. The number of ether oxygens (including phenoxy) is 1. The van der Waals surface area contributed by atoms with Crippen LogP contribution in [-0.4, -0.2) is 123 Å². The number of carbonyl (C=O) groups is 9. The molecule has 0 saturated heterocycles. The van der Waals surface area contributed by atoms with Crippen molar-refractivity contribution in [2.24, 2.45) is 28.9 Å². The van der Waals surface area contributed by atoms with Crippen LogP contribution in [0.5, 0.6) is 0 Å². The number of Topliss-reactive ketones (excluding diaryl/α,β-unsaturated/α-hetero) is 2. The van der Waals surface area contributed by atoms with E-state index in [4.69, 9.17) is 10.5 Å². The van der Waals surface area contributed by atoms with Gasteiger partial charge in [-0.3, -0.25) is 38.4 Å². The number of allylic oxidation sites excluding steroid dienone is 1. The molecule has 1 aliphatic carbocycles. The van der Waals surface area contributed by atoms with Gasteiger partial charge in [-0.25, -0.2) is 17.9 Å². The van der Waals surface area contributed by atoms with Gasteiger partial charge in [0, 0.05) is 73.5 Å². The van der Waals surface area contributed by atoms with E-state index in [1.54, 1.807) is 67.5 Å². The Labute approximate surface area is 532 Å². The summed E-state index contributed by atoms with van der Waals surface area (Å²) in [7, 11) is -1.07. The van der Waals surface area contributed by atoms with Crippen LogP contribution in [-0.2, 0) is 77.0 Å². The summed E-state index contributed by atoms with van der Waals surface area (Å²) in [4.78, 5) is 122. The van der Waals surface area contributed by atoms with E-state index in [1.807, 2.05) is 92.6 Å². The van der Waals surface area contributed by atoms with Crippen molar-refractivity contribution < 1.29 is 56.3 Å². The highest BCUT2D eigenvalue weighted by Gasteiger charge is 2.47. The molecule has 3 aromatic rings. The van der Waals surface area contributed by atoms with Gasteiger partial charge in [0.2, 0.25) is 17.7 Å². The summed E-state index contributed by atoms with van der Waals surface area (Å²) in [6, 6.07) is 18.7. The van der Waals surface area contributed by atoms with Crippen LogP contribution in [0.1, 0.15) is 156 Å². The Kier molecular flexibility index (Phi) is 26.2. The van der Waals surface area contributed by atoms with Crippen LogP contribution >= 0.6 is 0 Å². The Bertz CT molecular complexity index is 3220. The van der Waals surface area contributed by atoms with Crippen molar-refractivity contribution in [3.05, 3.63) is 137 Å². The molecule has 0 aromatic heterocycles. The SMILES string of the molecule is C=C1C=CC(=O)N1CCCCCC(=O)C[C@@H](C(=O)N[C@H](CCCNC(N)=O)C(=O)Cc1ccc(COC(=O)CC2(c3ccc(S(=O)(=O)NC(=O)/C(C)=C/[C@H](C(C)C)N(C)C(=O)[C@@H](NC(=O)[C@@H](NC)C(C)(C)c4ccccc4)C(C)(C)C)cc3)CC2)cc1)C(C)C. The number of esters is 1. The van der Waals surface area contributed by atoms with Crippen LogP contribution in [0.15, 0.2) is 120 Å². The van der Waals surface area contributed by atoms with Crippen LogP contribution in [0.25, 0.3) is 0 Å². The lowest BCUT2D eigenvalue weighted by Crippen LogP contribution is -2.61. The smallest absolute Gasteiger partial charge is 0.312 e. The number of ketones is 2. The van der Waals surface area contributed by atoms with Crippen molar-refractivity contribution in [3.8, 4) is 0 Å². The third kappa shape index (κ3) is 20.6. The van der Waals surface area contributed by atoms with Gasteiger partial charge in [0.15, 0.2) is 5.78 Å². The van der Waals surface area contributed by atoms with E-state index in [9.17, 15) is 51.6 Å². The van der Waals surface area contributed by atoms with E-state index in [0.717, 1.165) is 17.5 Å². The molecule has 1 fully saturated rings. The van der Waals surface area contributed by atoms with Crippen molar-refractivity contribution in [2.75, 3.05) is 27.2 Å². The number of sulfonamides is 1. The quantitative estimate of drug-likeness (QED) is 0.0186. The summed E-state index contributed by atoms with van der Waals surface area (Å²) >= 11 is 0. The summed E-state index contributed by atoms with van der Waals surface area (Å²) in [5.74, 6) is -4.04. The molecule has 7 N–H and O–H groups in total. The van der Waals surface area contributed by atoms with Crippen molar-refractivity contribution in [1.82, 2.24) is 35.8 Å². The minimum Gasteiger partial charge on any atom is -0.461 e. The van der Waals surface area contributed by atoms with Gasteiger partial charge in [0.1, 0.15) is 18.4 Å². The number of rotatable bonds is 35.